The van der Waals surface area contributed by atoms with Gasteiger partial charge in [0.1, 0.15) is 0 Å². The number of nitrogens with one attached hydrogen (secondary N) is 1. The molecule has 21 heavy (non-hydrogen) atoms. The highest BCUT2D eigenvalue weighted by Crippen LogP contribution is 2.27. The van der Waals surface area contributed by atoms with Crippen LogP contribution in [0.3, 0.4) is 0 Å². The largest absolute Gasteiger partial charge is 0.398 e. The van der Waals surface area contributed by atoms with Crippen LogP contribution in [0.5, 0.6) is 0 Å². The van der Waals surface area contributed by atoms with E-state index in [9.17, 15) is 4.79 Å². The monoisotopic (exact) mass is 297 g/mol. The quantitative estimate of drug-likeness (QED) is 0.757. The summed E-state index contributed by atoms with van der Waals surface area (Å²) in [5, 5.41) is 3.89. The molecule has 0 aliphatic carbocycles. The first-order valence-corrected chi connectivity index (χ1v) is 7.40. The molecule has 0 saturated heterocycles. The summed E-state index contributed by atoms with van der Waals surface area (Å²) in [4.78, 5) is 18.4. The van der Waals surface area contributed by atoms with E-state index in [0.717, 1.165) is 27.2 Å². The second-order valence-corrected chi connectivity index (χ2v) is 6.16. The van der Waals surface area contributed by atoms with Crippen molar-refractivity contribution in [1.29, 1.82) is 0 Å². The van der Waals surface area contributed by atoms with Crippen molar-refractivity contribution in [1.82, 2.24) is 4.98 Å². The first-order valence-electron chi connectivity index (χ1n) is 6.58. The number of anilines is 2. The average molecular weight is 297 g/mol. The summed E-state index contributed by atoms with van der Waals surface area (Å²) < 4.78 is 0. The molecule has 2 aromatic heterocycles. The molecule has 1 amide bonds. The van der Waals surface area contributed by atoms with E-state index >= 15 is 0 Å². The highest BCUT2D eigenvalue weighted by Gasteiger charge is 2.13. The van der Waals surface area contributed by atoms with Gasteiger partial charge in [0.2, 0.25) is 0 Å². The molecule has 106 valence electrons. The minimum Gasteiger partial charge on any atom is -0.398 e. The Balaban J connectivity index is 1.99. The van der Waals surface area contributed by atoms with E-state index < -0.39 is 0 Å². The van der Waals surface area contributed by atoms with Crippen LogP contribution in [0.15, 0.2) is 36.4 Å². The fraction of sp³-hybridized carbons (Fsp3) is 0.125. The molecule has 1 aromatic carbocycles. The lowest BCUT2D eigenvalue weighted by molar-refractivity contribution is 0.103. The predicted octanol–water partition coefficient (Wildman–Crippen LogP) is 3.75. The first-order chi connectivity index (χ1) is 10.0. The van der Waals surface area contributed by atoms with E-state index in [1.54, 1.807) is 6.07 Å². The highest BCUT2D eigenvalue weighted by molar-refractivity contribution is 7.14. The zero-order chi connectivity index (χ0) is 15.0. The zero-order valence-corrected chi connectivity index (χ0v) is 12.6. The smallest absolute Gasteiger partial charge is 0.265 e. The molecule has 0 spiro atoms. The third-order valence-electron chi connectivity index (χ3n) is 3.27. The fourth-order valence-electron chi connectivity index (χ4n) is 2.20. The molecule has 0 fully saturated rings. The van der Waals surface area contributed by atoms with E-state index in [4.69, 9.17) is 5.73 Å². The number of nitrogens with two attached hydrogens (primary N) is 1. The third kappa shape index (κ3) is 2.60. The van der Waals surface area contributed by atoms with Crippen molar-refractivity contribution in [2.75, 3.05) is 11.1 Å². The van der Waals surface area contributed by atoms with E-state index in [1.807, 2.05) is 44.2 Å². The number of nitrogens with zero attached hydrogens (tertiary/aromatic N) is 1. The van der Waals surface area contributed by atoms with Gasteiger partial charge in [-0.25, -0.2) is 0 Å². The van der Waals surface area contributed by atoms with Gasteiger partial charge in [-0.2, -0.15) is 0 Å². The molecule has 2 heterocycles. The summed E-state index contributed by atoms with van der Waals surface area (Å²) >= 11 is 1.40. The molecule has 3 rings (SSSR count). The van der Waals surface area contributed by atoms with Crippen molar-refractivity contribution < 1.29 is 4.79 Å². The van der Waals surface area contributed by atoms with Crippen molar-refractivity contribution in [3.8, 4) is 0 Å². The van der Waals surface area contributed by atoms with Gasteiger partial charge in [0.05, 0.1) is 16.1 Å². The number of nitrogen functional groups attached to an aromatic ring is 1. The lowest BCUT2D eigenvalue weighted by Gasteiger charge is -2.08. The number of benzene rings is 1. The minimum atomic E-state index is -0.143. The highest BCUT2D eigenvalue weighted by atomic mass is 32.1. The number of thiophene rings is 1. The molecule has 0 bridgehead atoms. The summed E-state index contributed by atoms with van der Waals surface area (Å²) in [6, 6.07) is 11.3. The van der Waals surface area contributed by atoms with Gasteiger partial charge in [0, 0.05) is 21.6 Å². The summed E-state index contributed by atoms with van der Waals surface area (Å²) in [7, 11) is 0. The van der Waals surface area contributed by atoms with Crippen molar-refractivity contribution >= 4 is 39.5 Å². The van der Waals surface area contributed by atoms with Gasteiger partial charge < -0.3 is 11.1 Å². The molecule has 3 N–H and O–H groups in total. The van der Waals surface area contributed by atoms with Crippen LogP contribution in [0, 0.1) is 13.8 Å². The van der Waals surface area contributed by atoms with Crippen molar-refractivity contribution in [3.63, 3.8) is 0 Å². The Morgan fingerprint density at radius 3 is 2.71 bits per heavy atom. The molecule has 0 aliphatic heterocycles. The molecule has 5 heteroatoms. The molecule has 0 unspecified atom stereocenters. The Bertz CT molecular complexity index is 819. The number of carbonyl (C=O) groups excluding carboxylic acids is 1. The van der Waals surface area contributed by atoms with Crippen LogP contribution in [-0.4, -0.2) is 10.9 Å². The molecular formula is C16H15N3OS. The number of rotatable bonds is 2. The summed E-state index contributed by atoms with van der Waals surface area (Å²) in [6.45, 7) is 3.82. The number of aromatic nitrogens is 1. The Hall–Kier alpha value is -2.40. The summed E-state index contributed by atoms with van der Waals surface area (Å²) in [5.41, 5.74) is 8.97. The number of carbonyl (C=O) groups is 1. The van der Waals surface area contributed by atoms with E-state index in [0.29, 0.717) is 10.6 Å². The van der Waals surface area contributed by atoms with E-state index in [1.165, 1.54) is 11.3 Å². The molecule has 0 atom stereocenters. The second-order valence-electron chi connectivity index (χ2n) is 4.90. The van der Waals surface area contributed by atoms with Crippen LogP contribution >= 0.6 is 11.3 Å². The maximum atomic E-state index is 12.4. The Morgan fingerprint density at radius 1 is 1.24 bits per heavy atom. The SMILES string of the molecule is Cc1cc(NC(=O)c2cc(N)c(C)s2)c2ccccc2n1. The predicted molar refractivity (Wildman–Crippen MR) is 87.9 cm³/mol. The Labute approximate surface area is 126 Å². The van der Waals surface area contributed by atoms with E-state index in [2.05, 4.69) is 10.3 Å². The van der Waals surface area contributed by atoms with Crippen LogP contribution in [0.4, 0.5) is 11.4 Å². The van der Waals surface area contributed by atoms with Crippen molar-refractivity contribution in [3.05, 3.63) is 51.8 Å². The molecule has 0 saturated carbocycles. The number of amides is 1. The van der Waals surface area contributed by atoms with Crippen LogP contribution in [0.25, 0.3) is 10.9 Å². The standard InChI is InChI=1S/C16H15N3OS/c1-9-7-14(11-5-3-4-6-13(11)18-9)19-16(20)15-8-12(17)10(2)21-15/h3-8H,17H2,1-2H3,(H,18,19,20). The molecule has 4 nitrogen and oxygen atoms in total. The van der Waals surface area contributed by atoms with Gasteiger partial charge in [-0.15, -0.1) is 11.3 Å². The normalized spacial score (nSPS) is 10.8. The molecule has 0 radical (unpaired) electrons. The summed E-state index contributed by atoms with van der Waals surface area (Å²) in [6.07, 6.45) is 0. The Morgan fingerprint density at radius 2 is 2.00 bits per heavy atom. The van der Waals surface area contributed by atoms with E-state index in [-0.39, 0.29) is 5.91 Å². The lowest BCUT2D eigenvalue weighted by atomic mass is 10.1. The number of para-hydroxylation sites is 1. The third-order valence-corrected chi connectivity index (χ3v) is 4.34. The van der Waals surface area contributed by atoms with Gasteiger partial charge in [-0.05, 0) is 32.0 Å². The van der Waals surface area contributed by atoms with Crippen molar-refractivity contribution in [2.24, 2.45) is 0 Å². The van der Waals surface area contributed by atoms with Crippen LogP contribution in [-0.2, 0) is 0 Å². The molecular weight excluding hydrogens is 282 g/mol. The number of aryl methyl sites for hydroxylation is 2. The van der Waals surface area contributed by atoms with Gasteiger partial charge in [0.15, 0.2) is 0 Å². The number of fused-ring (bicyclic) bond motifs is 1. The molecule has 3 aromatic rings. The van der Waals surface area contributed by atoms with Crippen molar-refractivity contribution in [2.45, 2.75) is 13.8 Å². The van der Waals surface area contributed by atoms with Crippen LogP contribution in [0.2, 0.25) is 0 Å². The zero-order valence-electron chi connectivity index (χ0n) is 11.8. The van der Waals surface area contributed by atoms with Gasteiger partial charge in [-0.3, -0.25) is 9.78 Å². The molecule has 0 aliphatic rings. The maximum Gasteiger partial charge on any atom is 0.265 e. The average Bonchev–Trinajstić information content (AvgIpc) is 2.78. The van der Waals surface area contributed by atoms with Gasteiger partial charge >= 0.3 is 0 Å². The van der Waals surface area contributed by atoms with Gasteiger partial charge in [-0.1, -0.05) is 18.2 Å². The van der Waals surface area contributed by atoms with Crippen LogP contribution < -0.4 is 11.1 Å². The second kappa shape index (κ2) is 5.18. The number of pyridine rings is 1. The summed E-state index contributed by atoms with van der Waals surface area (Å²) in [5.74, 6) is -0.143. The maximum absolute atomic E-state index is 12.4. The number of hydrogen-bond acceptors (Lipinski definition) is 4. The van der Waals surface area contributed by atoms with Gasteiger partial charge in [0.25, 0.3) is 5.91 Å². The lowest BCUT2D eigenvalue weighted by Crippen LogP contribution is -2.11. The first kappa shape index (κ1) is 13.6. The topological polar surface area (TPSA) is 68.0 Å². The minimum absolute atomic E-state index is 0.143. The number of hydrogen-bond donors (Lipinski definition) is 2. The fourth-order valence-corrected chi connectivity index (χ4v) is 3.04. The van der Waals surface area contributed by atoms with Crippen LogP contribution in [0.1, 0.15) is 20.2 Å². The Kier molecular flexibility index (Phi) is 3.35.